The van der Waals surface area contributed by atoms with Crippen molar-refractivity contribution in [2.24, 2.45) is 0 Å². The summed E-state index contributed by atoms with van der Waals surface area (Å²) in [6, 6.07) is 15.3. The molecule has 1 heterocycles. The zero-order valence-electron chi connectivity index (χ0n) is 12.0. The van der Waals surface area contributed by atoms with Crippen molar-refractivity contribution in [2.45, 2.75) is 0 Å². The first-order valence-electron chi connectivity index (χ1n) is 6.73. The lowest BCUT2D eigenvalue weighted by atomic mass is 10.0. The molecular formula is C17H16NO2P. The van der Waals surface area contributed by atoms with Crippen LogP contribution in [0.4, 0.5) is 5.69 Å². The Morgan fingerprint density at radius 3 is 2.43 bits per heavy atom. The van der Waals surface area contributed by atoms with Crippen molar-refractivity contribution < 1.29 is 9.36 Å². The van der Waals surface area contributed by atoms with Crippen LogP contribution in [0.2, 0.25) is 0 Å². The Morgan fingerprint density at radius 1 is 1.05 bits per heavy atom. The van der Waals surface area contributed by atoms with Gasteiger partial charge in [-0.1, -0.05) is 42.5 Å². The molecule has 0 aromatic heterocycles. The molecule has 0 radical (unpaired) electrons. The first-order valence-corrected chi connectivity index (χ1v) is 9.33. The van der Waals surface area contributed by atoms with E-state index in [1.165, 1.54) is 0 Å². The summed E-state index contributed by atoms with van der Waals surface area (Å²) in [6.07, 6.45) is 1.87. The van der Waals surface area contributed by atoms with Crippen molar-refractivity contribution in [2.75, 3.05) is 18.6 Å². The molecule has 1 N–H and O–H groups in total. The van der Waals surface area contributed by atoms with Crippen LogP contribution in [0.25, 0.3) is 11.6 Å². The second-order valence-electron chi connectivity index (χ2n) is 5.50. The molecular weight excluding hydrogens is 281 g/mol. The van der Waals surface area contributed by atoms with E-state index in [0.29, 0.717) is 5.57 Å². The molecule has 0 atom stereocenters. The Balaban J connectivity index is 2.07. The van der Waals surface area contributed by atoms with Crippen LogP contribution in [-0.4, -0.2) is 19.2 Å². The normalized spacial score (nSPS) is 15.9. The molecule has 3 rings (SSSR count). The highest BCUT2D eigenvalue weighted by Crippen LogP contribution is 2.39. The predicted molar refractivity (Wildman–Crippen MR) is 88.5 cm³/mol. The molecule has 21 heavy (non-hydrogen) atoms. The van der Waals surface area contributed by atoms with Crippen LogP contribution in [0.1, 0.15) is 11.1 Å². The number of amides is 1. The Morgan fingerprint density at radius 2 is 1.76 bits per heavy atom. The van der Waals surface area contributed by atoms with Gasteiger partial charge in [-0.3, -0.25) is 4.79 Å². The van der Waals surface area contributed by atoms with E-state index in [1.54, 1.807) is 13.3 Å². The molecule has 2 aromatic rings. The third-order valence-corrected chi connectivity index (χ3v) is 5.04. The SMILES string of the molecule is CP(C)(=O)c1ccc2c(c1)NC(=O)/C2=C\c1ccccc1. The molecule has 1 aliphatic heterocycles. The predicted octanol–water partition coefficient (Wildman–Crippen LogP) is 3.43. The highest BCUT2D eigenvalue weighted by Gasteiger charge is 2.25. The molecule has 0 saturated heterocycles. The number of hydrogen-bond donors (Lipinski definition) is 1. The smallest absolute Gasteiger partial charge is 0.256 e. The second kappa shape index (κ2) is 5.01. The average molecular weight is 297 g/mol. The molecule has 2 aromatic carbocycles. The average Bonchev–Trinajstić information content (AvgIpc) is 2.75. The molecule has 106 valence electrons. The molecule has 0 saturated carbocycles. The molecule has 0 aliphatic carbocycles. The van der Waals surface area contributed by atoms with Gasteiger partial charge in [0.15, 0.2) is 0 Å². The van der Waals surface area contributed by atoms with Gasteiger partial charge in [0.2, 0.25) is 0 Å². The van der Waals surface area contributed by atoms with E-state index in [4.69, 9.17) is 0 Å². The van der Waals surface area contributed by atoms with E-state index in [1.807, 2.05) is 54.6 Å². The maximum Gasteiger partial charge on any atom is 0.256 e. The lowest BCUT2D eigenvalue weighted by Crippen LogP contribution is -2.05. The fraction of sp³-hybridized carbons (Fsp3) is 0.118. The summed E-state index contributed by atoms with van der Waals surface area (Å²) in [4.78, 5) is 12.1. The summed E-state index contributed by atoms with van der Waals surface area (Å²) < 4.78 is 12.1. The van der Waals surface area contributed by atoms with E-state index in [0.717, 1.165) is 22.1 Å². The van der Waals surface area contributed by atoms with Crippen molar-refractivity contribution in [1.29, 1.82) is 0 Å². The monoisotopic (exact) mass is 297 g/mol. The summed E-state index contributed by atoms with van der Waals surface area (Å²) >= 11 is 0. The number of anilines is 1. The minimum atomic E-state index is -2.33. The van der Waals surface area contributed by atoms with Crippen LogP contribution in [0.3, 0.4) is 0 Å². The summed E-state index contributed by atoms with van der Waals surface area (Å²) in [5.74, 6) is -0.118. The number of carbonyl (C=O) groups is 1. The zero-order valence-corrected chi connectivity index (χ0v) is 12.9. The number of nitrogens with one attached hydrogen (secondary N) is 1. The standard InChI is InChI=1S/C17H16NO2P/c1-21(2,20)13-8-9-14-15(17(19)18-16(14)11-13)10-12-6-4-3-5-7-12/h3-11H,1-2H3,(H,18,19)/b15-10-. The first kappa shape index (κ1) is 13.8. The van der Waals surface area contributed by atoms with Crippen LogP contribution in [0, 0.1) is 0 Å². The zero-order chi connectivity index (χ0) is 15.0. The van der Waals surface area contributed by atoms with E-state index in [9.17, 15) is 9.36 Å². The summed E-state index contributed by atoms with van der Waals surface area (Å²) in [7, 11) is -2.33. The number of carbonyl (C=O) groups excluding carboxylic acids is 1. The summed E-state index contributed by atoms with van der Waals surface area (Å²) in [5.41, 5.74) is 3.23. The third kappa shape index (κ3) is 2.70. The van der Waals surface area contributed by atoms with E-state index >= 15 is 0 Å². The van der Waals surface area contributed by atoms with E-state index < -0.39 is 7.14 Å². The number of benzene rings is 2. The highest BCUT2D eigenvalue weighted by atomic mass is 31.2. The molecule has 1 amide bonds. The summed E-state index contributed by atoms with van der Waals surface area (Å²) in [6.45, 7) is 3.46. The van der Waals surface area contributed by atoms with Gasteiger partial charge in [-0.05, 0) is 31.0 Å². The van der Waals surface area contributed by atoms with Gasteiger partial charge in [0, 0.05) is 22.1 Å². The Bertz CT molecular complexity index is 788. The minimum Gasteiger partial charge on any atom is -0.321 e. The van der Waals surface area contributed by atoms with Crippen molar-refractivity contribution in [1.82, 2.24) is 0 Å². The Hall–Kier alpha value is -2.12. The fourth-order valence-corrected chi connectivity index (χ4v) is 3.25. The van der Waals surface area contributed by atoms with Crippen LogP contribution in [0.5, 0.6) is 0 Å². The Kier molecular flexibility index (Phi) is 3.30. The van der Waals surface area contributed by atoms with Gasteiger partial charge in [0.25, 0.3) is 5.91 Å². The van der Waals surface area contributed by atoms with Crippen LogP contribution < -0.4 is 10.6 Å². The van der Waals surface area contributed by atoms with Crippen molar-refractivity contribution in [3.8, 4) is 0 Å². The van der Waals surface area contributed by atoms with Gasteiger partial charge in [0.1, 0.15) is 7.14 Å². The maximum atomic E-state index is 12.1. The number of hydrogen-bond acceptors (Lipinski definition) is 2. The van der Waals surface area contributed by atoms with Gasteiger partial charge in [0.05, 0.1) is 0 Å². The highest BCUT2D eigenvalue weighted by molar-refractivity contribution is 7.70. The van der Waals surface area contributed by atoms with Crippen molar-refractivity contribution >= 4 is 35.7 Å². The minimum absolute atomic E-state index is 0.118. The number of rotatable bonds is 2. The van der Waals surface area contributed by atoms with E-state index in [2.05, 4.69) is 5.32 Å². The lowest BCUT2D eigenvalue weighted by Gasteiger charge is -2.08. The quantitative estimate of drug-likeness (QED) is 0.682. The van der Waals surface area contributed by atoms with Gasteiger partial charge < -0.3 is 9.88 Å². The first-order chi connectivity index (χ1) is 9.95. The van der Waals surface area contributed by atoms with Gasteiger partial charge in [-0.2, -0.15) is 0 Å². The lowest BCUT2D eigenvalue weighted by molar-refractivity contribution is -0.110. The van der Waals surface area contributed by atoms with E-state index in [-0.39, 0.29) is 5.91 Å². The van der Waals surface area contributed by atoms with Crippen LogP contribution >= 0.6 is 7.14 Å². The van der Waals surface area contributed by atoms with Crippen molar-refractivity contribution in [3.05, 3.63) is 59.7 Å². The molecule has 0 spiro atoms. The summed E-state index contributed by atoms with van der Waals surface area (Å²) in [5, 5.41) is 3.63. The molecule has 0 bridgehead atoms. The largest absolute Gasteiger partial charge is 0.321 e. The Labute approximate surface area is 124 Å². The maximum absolute atomic E-state index is 12.1. The second-order valence-corrected chi connectivity index (χ2v) is 8.72. The van der Waals surface area contributed by atoms with Gasteiger partial charge in [-0.15, -0.1) is 0 Å². The van der Waals surface area contributed by atoms with Gasteiger partial charge in [-0.25, -0.2) is 0 Å². The molecule has 3 nitrogen and oxygen atoms in total. The van der Waals surface area contributed by atoms with Gasteiger partial charge >= 0.3 is 0 Å². The molecule has 1 aliphatic rings. The fourth-order valence-electron chi connectivity index (χ4n) is 2.38. The van der Waals surface area contributed by atoms with Crippen LogP contribution in [0.15, 0.2) is 48.5 Å². The van der Waals surface area contributed by atoms with Crippen molar-refractivity contribution in [3.63, 3.8) is 0 Å². The third-order valence-electron chi connectivity index (χ3n) is 3.52. The molecule has 0 fully saturated rings. The topological polar surface area (TPSA) is 46.2 Å². The molecule has 0 unspecified atom stereocenters. The van der Waals surface area contributed by atoms with Crippen LogP contribution in [-0.2, 0) is 9.36 Å². The number of fused-ring (bicyclic) bond motifs is 1. The molecule has 4 heteroatoms.